The average molecular weight is 495 g/mol. The zero-order valence-corrected chi connectivity index (χ0v) is 20.6. The molecule has 0 radical (unpaired) electrons. The van der Waals surface area contributed by atoms with Crippen LogP contribution in [0.15, 0.2) is 79.3 Å². The summed E-state index contributed by atoms with van der Waals surface area (Å²) >= 11 is 0. The quantitative estimate of drug-likeness (QED) is 0.227. The number of unbranched alkanes of at least 4 members (excludes halogenated alkanes) is 2. The summed E-state index contributed by atoms with van der Waals surface area (Å²) in [4.78, 5) is 36.6. The maximum absolute atomic E-state index is 13.1. The summed E-state index contributed by atoms with van der Waals surface area (Å²) in [6.45, 7) is 0.164. The third kappa shape index (κ3) is 5.86. The minimum Gasteiger partial charge on any atom is -0.370 e. The van der Waals surface area contributed by atoms with Crippen molar-refractivity contribution in [3.05, 3.63) is 85.1 Å². The van der Waals surface area contributed by atoms with E-state index in [1.165, 1.54) is 5.39 Å². The molecule has 5 aromatic rings. The van der Waals surface area contributed by atoms with E-state index >= 15 is 0 Å². The Kier molecular flexibility index (Phi) is 7.26. The number of aromatic amines is 1. The zero-order valence-electron chi connectivity index (χ0n) is 20.6. The van der Waals surface area contributed by atoms with Gasteiger partial charge in [-0.2, -0.15) is 0 Å². The molecule has 2 aromatic heterocycles. The van der Waals surface area contributed by atoms with Crippen LogP contribution in [0, 0.1) is 0 Å². The van der Waals surface area contributed by atoms with E-state index < -0.39 is 0 Å². The van der Waals surface area contributed by atoms with Crippen molar-refractivity contribution in [3.8, 4) is 11.3 Å². The highest BCUT2D eigenvalue weighted by Crippen LogP contribution is 2.26. The van der Waals surface area contributed by atoms with Crippen LogP contribution in [-0.4, -0.2) is 31.3 Å². The molecule has 5 rings (SSSR count). The molecule has 188 valence electrons. The lowest BCUT2D eigenvalue weighted by Gasteiger charge is -2.17. The maximum atomic E-state index is 13.1. The van der Waals surface area contributed by atoms with Crippen LogP contribution in [0.25, 0.3) is 33.1 Å². The number of amides is 2. The molecule has 0 aliphatic rings. The number of carbonyl (C=O) groups is 2. The van der Waals surface area contributed by atoms with Crippen LogP contribution in [-0.2, 0) is 16.1 Å². The predicted octanol–water partition coefficient (Wildman–Crippen LogP) is 4.87. The van der Waals surface area contributed by atoms with Gasteiger partial charge in [0.1, 0.15) is 12.4 Å². The Morgan fingerprint density at radius 1 is 0.946 bits per heavy atom. The van der Waals surface area contributed by atoms with Crippen molar-refractivity contribution < 1.29 is 9.59 Å². The highest BCUT2D eigenvalue weighted by Gasteiger charge is 2.19. The highest BCUT2D eigenvalue weighted by atomic mass is 16.2. The molecular weight excluding hydrogens is 464 g/mol. The van der Waals surface area contributed by atoms with Gasteiger partial charge in [0.15, 0.2) is 0 Å². The number of rotatable bonds is 11. The first-order valence-electron chi connectivity index (χ1n) is 12.6. The smallest absolute Gasteiger partial charge is 0.240 e. The Morgan fingerprint density at radius 3 is 2.62 bits per heavy atom. The average Bonchev–Trinajstić information content (AvgIpc) is 3.55. The van der Waals surface area contributed by atoms with E-state index in [4.69, 9.17) is 5.73 Å². The lowest BCUT2D eigenvalue weighted by molar-refractivity contribution is -0.122. The number of H-pyrrole nitrogens is 1. The number of nitrogens with one attached hydrogen (secondary N) is 2. The molecule has 2 heterocycles. The molecule has 0 saturated carbocycles. The van der Waals surface area contributed by atoms with Crippen molar-refractivity contribution >= 4 is 33.6 Å². The second kappa shape index (κ2) is 11.1. The molecule has 3 aromatic carbocycles. The SMILES string of the molecule is NC(=O)CCCCC[C@H](NC(=O)Cn1cnc2ccccc21)c1ncc(-c2ccc3ccccc3c2)[nH]1. The summed E-state index contributed by atoms with van der Waals surface area (Å²) in [5, 5.41) is 5.49. The summed E-state index contributed by atoms with van der Waals surface area (Å²) in [7, 11) is 0. The van der Waals surface area contributed by atoms with E-state index in [2.05, 4.69) is 50.6 Å². The summed E-state index contributed by atoms with van der Waals surface area (Å²) in [6.07, 6.45) is 6.98. The number of nitrogens with two attached hydrogens (primary N) is 1. The van der Waals surface area contributed by atoms with E-state index in [9.17, 15) is 9.59 Å². The Bertz CT molecular complexity index is 1540. The summed E-state index contributed by atoms with van der Waals surface area (Å²) < 4.78 is 1.84. The molecular formula is C29H30N6O2. The predicted molar refractivity (Wildman–Crippen MR) is 144 cm³/mol. The van der Waals surface area contributed by atoms with Crippen molar-refractivity contribution in [2.45, 2.75) is 44.7 Å². The van der Waals surface area contributed by atoms with Crippen molar-refractivity contribution in [1.29, 1.82) is 0 Å². The van der Waals surface area contributed by atoms with Crippen molar-refractivity contribution in [2.24, 2.45) is 5.73 Å². The van der Waals surface area contributed by atoms with Gasteiger partial charge in [-0.3, -0.25) is 9.59 Å². The Labute approximate surface area is 214 Å². The number of aromatic nitrogens is 4. The minimum absolute atomic E-state index is 0.117. The van der Waals surface area contributed by atoms with Crippen LogP contribution in [0.5, 0.6) is 0 Å². The van der Waals surface area contributed by atoms with Gasteiger partial charge in [0, 0.05) is 12.0 Å². The standard InChI is InChI=1S/C29H30N6O2/c30-27(36)13-3-1-2-11-24(33-28(37)18-35-19-32-23-10-6-7-12-26(23)35)29-31-17-25(34-29)22-15-14-20-8-4-5-9-21(20)16-22/h4-10,12,14-17,19,24H,1-3,11,13,18H2,(H2,30,36)(H,31,34)(H,33,37)/t24-/m0/s1. The number of hydrogen-bond acceptors (Lipinski definition) is 4. The van der Waals surface area contributed by atoms with E-state index in [0.717, 1.165) is 46.9 Å². The van der Waals surface area contributed by atoms with Gasteiger partial charge in [-0.05, 0) is 41.8 Å². The fourth-order valence-electron chi connectivity index (χ4n) is 4.65. The largest absolute Gasteiger partial charge is 0.370 e. The minimum atomic E-state index is -0.288. The van der Waals surface area contributed by atoms with Crippen LogP contribution >= 0.6 is 0 Å². The van der Waals surface area contributed by atoms with Crippen molar-refractivity contribution in [2.75, 3.05) is 0 Å². The normalized spacial score (nSPS) is 12.1. The van der Waals surface area contributed by atoms with Crippen LogP contribution in [0.1, 0.15) is 44.0 Å². The third-order valence-electron chi connectivity index (χ3n) is 6.58. The number of para-hydroxylation sites is 2. The fraction of sp³-hybridized carbons (Fsp3) is 0.241. The van der Waals surface area contributed by atoms with Crippen molar-refractivity contribution in [3.63, 3.8) is 0 Å². The van der Waals surface area contributed by atoms with Crippen LogP contribution in [0.4, 0.5) is 0 Å². The first-order chi connectivity index (χ1) is 18.1. The number of imidazole rings is 2. The fourth-order valence-corrected chi connectivity index (χ4v) is 4.65. The van der Waals surface area contributed by atoms with E-state index in [1.54, 1.807) is 6.33 Å². The third-order valence-corrected chi connectivity index (χ3v) is 6.58. The van der Waals surface area contributed by atoms with Gasteiger partial charge in [0.05, 0.1) is 35.3 Å². The molecule has 0 unspecified atom stereocenters. The second-order valence-corrected chi connectivity index (χ2v) is 9.29. The Hall–Kier alpha value is -4.46. The number of hydrogen-bond donors (Lipinski definition) is 3. The summed E-state index contributed by atoms with van der Waals surface area (Å²) in [6, 6.07) is 22.0. The molecule has 1 atom stereocenters. The molecule has 0 aliphatic heterocycles. The molecule has 0 saturated heterocycles. The molecule has 37 heavy (non-hydrogen) atoms. The number of benzene rings is 3. The number of nitrogens with zero attached hydrogens (tertiary/aromatic N) is 3. The number of primary amides is 1. The molecule has 0 bridgehead atoms. The molecule has 0 spiro atoms. The second-order valence-electron chi connectivity index (χ2n) is 9.29. The van der Waals surface area contributed by atoms with Gasteiger partial charge in [0.25, 0.3) is 0 Å². The van der Waals surface area contributed by atoms with Gasteiger partial charge in [-0.25, -0.2) is 9.97 Å². The highest BCUT2D eigenvalue weighted by molar-refractivity contribution is 5.86. The molecule has 2 amide bonds. The Balaban J connectivity index is 1.32. The summed E-state index contributed by atoms with van der Waals surface area (Å²) in [5.41, 5.74) is 8.97. The topological polar surface area (TPSA) is 119 Å². The van der Waals surface area contributed by atoms with Crippen LogP contribution in [0.2, 0.25) is 0 Å². The number of carbonyl (C=O) groups excluding carboxylic acids is 2. The van der Waals surface area contributed by atoms with E-state index in [0.29, 0.717) is 18.7 Å². The van der Waals surface area contributed by atoms with Crippen molar-refractivity contribution in [1.82, 2.24) is 24.8 Å². The van der Waals surface area contributed by atoms with Crippen LogP contribution in [0.3, 0.4) is 0 Å². The van der Waals surface area contributed by atoms with Gasteiger partial charge < -0.3 is 20.6 Å². The van der Waals surface area contributed by atoms with Gasteiger partial charge in [-0.15, -0.1) is 0 Å². The first kappa shape index (κ1) is 24.2. The Morgan fingerprint density at radius 2 is 1.76 bits per heavy atom. The van der Waals surface area contributed by atoms with Crippen LogP contribution < -0.4 is 11.1 Å². The first-order valence-corrected chi connectivity index (χ1v) is 12.6. The zero-order chi connectivity index (χ0) is 25.6. The van der Waals surface area contributed by atoms with Gasteiger partial charge in [0.2, 0.25) is 11.8 Å². The number of fused-ring (bicyclic) bond motifs is 2. The molecule has 4 N–H and O–H groups in total. The van der Waals surface area contributed by atoms with Gasteiger partial charge >= 0.3 is 0 Å². The molecule has 0 aliphatic carbocycles. The van der Waals surface area contributed by atoms with Gasteiger partial charge in [-0.1, -0.05) is 61.4 Å². The molecule has 8 heteroatoms. The monoisotopic (exact) mass is 494 g/mol. The molecule has 0 fully saturated rings. The maximum Gasteiger partial charge on any atom is 0.240 e. The summed E-state index contributed by atoms with van der Waals surface area (Å²) in [5.74, 6) is 0.305. The lowest BCUT2D eigenvalue weighted by Crippen LogP contribution is -2.32. The van der Waals surface area contributed by atoms with E-state index in [1.807, 2.05) is 47.2 Å². The lowest BCUT2D eigenvalue weighted by atomic mass is 10.1. The van der Waals surface area contributed by atoms with E-state index in [-0.39, 0.29) is 24.4 Å². The molecule has 8 nitrogen and oxygen atoms in total.